The van der Waals surface area contributed by atoms with Gasteiger partial charge in [-0.05, 0) is 55.6 Å². The van der Waals surface area contributed by atoms with Gasteiger partial charge in [0.25, 0.3) is 0 Å². The standard InChI is InChI=1S/C34H46N4O7/c1-22(2)18-27(35)33(43)38-17-9-14-26(38)16-15-25(19-23-10-5-3-6-11-23)31(41)36-28(20-24-12-7-4-8-13-24)32(42)37-29(34(44)45)21-30(39)40/h3-8,10-13,22,25-29H,9,14-21,35H2,1-2H3,(H,36,41)(H,37,42)(H,39,40)(H,44,45)/t25-,26-,27-,28-,29+/m0/s1. The molecule has 2 aromatic rings. The van der Waals surface area contributed by atoms with Crippen LogP contribution < -0.4 is 16.4 Å². The largest absolute Gasteiger partial charge is 0.481 e. The van der Waals surface area contributed by atoms with Crippen LogP contribution in [-0.4, -0.2) is 75.5 Å². The summed E-state index contributed by atoms with van der Waals surface area (Å²) in [4.78, 5) is 65.1. The van der Waals surface area contributed by atoms with Crippen molar-refractivity contribution in [2.45, 2.75) is 89.4 Å². The number of nitrogens with two attached hydrogens (primary N) is 1. The molecule has 1 fully saturated rings. The molecule has 1 saturated heterocycles. The lowest BCUT2D eigenvalue weighted by molar-refractivity contribution is -0.147. The third-order valence-electron chi connectivity index (χ3n) is 8.16. The summed E-state index contributed by atoms with van der Waals surface area (Å²) in [6.07, 6.45) is 2.98. The zero-order valence-electron chi connectivity index (χ0n) is 26.1. The van der Waals surface area contributed by atoms with Crippen LogP contribution >= 0.6 is 0 Å². The van der Waals surface area contributed by atoms with Gasteiger partial charge in [-0.1, -0.05) is 74.5 Å². The molecule has 1 aliphatic heterocycles. The van der Waals surface area contributed by atoms with E-state index in [0.717, 1.165) is 24.0 Å². The van der Waals surface area contributed by atoms with Crippen LogP contribution in [0.25, 0.3) is 0 Å². The predicted octanol–water partition coefficient (Wildman–Crippen LogP) is 2.76. The number of nitrogens with one attached hydrogen (secondary N) is 2. The Morgan fingerprint density at radius 1 is 0.867 bits per heavy atom. The van der Waals surface area contributed by atoms with Gasteiger partial charge in [0.2, 0.25) is 17.7 Å². The first kappa shape index (κ1) is 35.2. The first-order valence-corrected chi connectivity index (χ1v) is 15.6. The molecule has 0 aliphatic carbocycles. The molecule has 0 unspecified atom stereocenters. The number of nitrogens with zero attached hydrogens (tertiary/aromatic N) is 1. The number of carbonyl (C=O) groups excluding carboxylic acids is 3. The van der Waals surface area contributed by atoms with Gasteiger partial charge < -0.3 is 31.5 Å². The third kappa shape index (κ3) is 11.3. The number of carboxylic acids is 2. The lowest BCUT2D eigenvalue weighted by Gasteiger charge is -2.29. The van der Waals surface area contributed by atoms with Crippen LogP contribution in [0.2, 0.25) is 0 Å². The predicted molar refractivity (Wildman–Crippen MR) is 169 cm³/mol. The van der Waals surface area contributed by atoms with Crippen LogP contribution in [0.1, 0.15) is 63.5 Å². The lowest BCUT2D eigenvalue weighted by Crippen LogP contribution is -2.54. The summed E-state index contributed by atoms with van der Waals surface area (Å²) < 4.78 is 0. The fourth-order valence-electron chi connectivity index (χ4n) is 5.86. The minimum absolute atomic E-state index is 0.0439. The van der Waals surface area contributed by atoms with E-state index in [-0.39, 0.29) is 24.3 Å². The van der Waals surface area contributed by atoms with Gasteiger partial charge >= 0.3 is 11.9 Å². The van der Waals surface area contributed by atoms with Crippen molar-refractivity contribution >= 4 is 29.7 Å². The van der Waals surface area contributed by atoms with E-state index in [4.69, 9.17) is 10.8 Å². The summed E-state index contributed by atoms with van der Waals surface area (Å²) in [5.41, 5.74) is 7.90. The second kappa shape index (κ2) is 17.3. The molecule has 1 heterocycles. The van der Waals surface area contributed by atoms with Gasteiger partial charge in [-0.25, -0.2) is 4.79 Å². The van der Waals surface area contributed by atoms with E-state index in [1.165, 1.54) is 0 Å². The maximum absolute atomic E-state index is 13.9. The number of carboxylic acid groups (broad SMARTS) is 2. The highest BCUT2D eigenvalue weighted by Gasteiger charge is 2.34. The number of aliphatic carboxylic acids is 2. The van der Waals surface area contributed by atoms with Gasteiger partial charge in [0, 0.05) is 24.9 Å². The molecule has 5 atom stereocenters. The van der Waals surface area contributed by atoms with Crippen molar-refractivity contribution in [3.05, 3.63) is 71.8 Å². The van der Waals surface area contributed by atoms with E-state index >= 15 is 0 Å². The summed E-state index contributed by atoms with van der Waals surface area (Å²) >= 11 is 0. The van der Waals surface area contributed by atoms with Crippen molar-refractivity contribution in [2.75, 3.05) is 6.54 Å². The number of carbonyl (C=O) groups is 5. The maximum atomic E-state index is 13.9. The normalized spacial score (nSPS) is 17.2. The van der Waals surface area contributed by atoms with Crippen LogP contribution in [0.3, 0.4) is 0 Å². The second-order valence-electron chi connectivity index (χ2n) is 12.3. The Labute approximate surface area is 264 Å². The number of amides is 3. The monoisotopic (exact) mass is 622 g/mol. The fraction of sp³-hybridized carbons (Fsp3) is 0.500. The van der Waals surface area contributed by atoms with Crippen LogP contribution in [0.4, 0.5) is 0 Å². The van der Waals surface area contributed by atoms with Crippen molar-refractivity contribution in [2.24, 2.45) is 17.6 Å². The number of hydrogen-bond donors (Lipinski definition) is 5. The van der Waals surface area contributed by atoms with Crippen LogP contribution in [0.5, 0.6) is 0 Å². The molecule has 2 aromatic carbocycles. The van der Waals surface area contributed by atoms with E-state index in [2.05, 4.69) is 10.6 Å². The van der Waals surface area contributed by atoms with Crippen molar-refractivity contribution in [3.8, 4) is 0 Å². The van der Waals surface area contributed by atoms with Gasteiger partial charge in [0.15, 0.2) is 0 Å². The van der Waals surface area contributed by atoms with Gasteiger partial charge in [-0.3, -0.25) is 19.2 Å². The van der Waals surface area contributed by atoms with Gasteiger partial charge in [0.05, 0.1) is 12.5 Å². The minimum Gasteiger partial charge on any atom is -0.481 e. The van der Waals surface area contributed by atoms with Crippen molar-refractivity contribution in [1.82, 2.24) is 15.5 Å². The molecule has 0 aromatic heterocycles. The number of hydrogen-bond acceptors (Lipinski definition) is 6. The smallest absolute Gasteiger partial charge is 0.326 e. The summed E-state index contributed by atoms with van der Waals surface area (Å²) in [5, 5.41) is 23.8. The van der Waals surface area contributed by atoms with Gasteiger partial charge in [-0.2, -0.15) is 0 Å². The van der Waals surface area contributed by atoms with E-state index in [0.29, 0.717) is 38.1 Å². The fourth-order valence-corrected chi connectivity index (χ4v) is 5.86. The Kier molecular flexibility index (Phi) is 13.5. The summed E-state index contributed by atoms with van der Waals surface area (Å²) in [6.45, 7) is 4.69. The zero-order chi connectivity index (χ0) is 32.9. The van der Waals surface area contributed by atoms with Crippen molar-refractivity contribution < 1.29 is 34.2 Å². The molecule has 3 amide bonds. The lowest BCUT2D eigenvalue weighted by atomic mass is 9.90. The molecule has 45 heavy (non-hydrogen) atoms. The third-order valence-corrected chi connectivity index (χ3v) is 8.16. The first-order chi connectivity index (χ1) is 21.4. The van der Waals surface area contributed by atoms with E-state index in [9.17, 15) is 29.1 Å². The molecule has 3 rings (SSSR count). The molecular weight excluding hydrogens is 576 g/mol. The quantitative estimate of drug-likeness (QED) is 0.179. The van der Waals surface area contributed by atoms with Crippen LogP contribution in [0.15, 0.2) is 60.7 Å². The Hall–Kier alpha value is -4.25. The maximum Gasteiger partial charge on any atom is 0.326 e. The van der Waals surface area contributed by atoms with Crippen molar-refractivity contribution in [1.29, 1.82) is 0 Å². The topological polar surface area (TPSA) is 179 Å². The first-order valence-electron chi connectivity index (χ1n) is 15.6. The van der Waals surface area contributed by atoms with E-state index in [1.54, 1.807) is 24.3 Å². The Bertz CT molecular complexity index is 1290. The molecule has 0 radical (unpaired) electrons. The Morgan fingerprint density at radius 3 is 2.00 bits per heavy atom. The summed E-state index contributed by atoms with van der Waals surface area (Å²) in [6, 6.07) is 15.1. The average Bonchev–Trinajstić information content (AvgIpc) is 3.47. The van der Waals surface area contributed by atoms with Crippen LogP contribution in [0, 0.1) is 11.8 Å². The molecule has 1 aliphatic rings. The SMILES string of the molecule is CC(C)C[C@H](N)C(=O)N1CCC[C@H]1CC[C@@H](Cc1ccccc1)C(=O)N[C@@H](Cc1ccccc1)C(=O)N[C@H](CC(=O)O)C(=O)O. The zero-order valence-corrected chi connectivity index (χ0v) is 26.1. The highest BCUT2D eigenvalue weighted by molar-refractivity contribution is 5.92. The number of benzene rings is 2. The molecular formula is C34H46N4O7. The molecule has 6 N–H and O–H groups in total. The number of rotatable bonds is 17. The number of likely N-dealkylation sites (tertiary alicyclic amines) is 1. The molecule has 244 valence electrons. The van der Waals surface area contributed by atoms with Gasteiger partial charge in [0.1, 0.15) is 12.1 Å². The van der Waals surface area contributed by atoms with Crippen molar-refractivity contribution in [3.63, 3.8) is 0 Å². The summed E-state index contributed by atoms with van der Waals surface area (Å²) in [7, 11) is 0. The highest BCUT2D eigenvalue weighted by atomic mass is 16.4. The molecule has 0 saturated carbocycles. The summed E-state index contributed by atoms with van der Waals surface area (Å²) in [5.74, 6) is -4.35. The van der Waals surface area contributed by atoms with Crippen LogP contribution in [-0.2, 0) is 36.8 Å². The highest BCUT2D eigenvalue weighted by Crippen LogP contribution is 2.26. The molecule has 11 nitrogen and oxygen atoms in total. The Morgan fingerprint density at radius 2 is 1.44 bits per heavy atom. The average molecular weight is 623 g/mol. The van der Waals surface area contributed by atoms with E-state index < -0.39 is 48.3 Å². The minimum atomic E-state index is -1.65. The molecule has 0 bridgehead atoms. The Balaban J connectivity index is 1.80. The van der Waals surface area contributed by atoms with Gasteiger partial charge in [-0.15, -0.1) is 0 Å². The second-order valence-corrected chi connectivity index (χ2v) is 12.3. The molecule has 11 heteroatoms. The molecule has 0 spiro atoms. The van der Waals surface area contributed by atoms with E-state index in [1.807, 2.05) is 55.1 Å².